The Kier molecular flexibility index (Phi) is 12.1. The number of hydrogen-bond acceptors (Lipinski definition) is 1. The average Bonchev–Trinajstić information content (AvgIpc) is 2.21. The van der Waals surface area contributed by atoms with Crippen LogP contribution < -0.4 is 0 Å². The molecule has 1 nitrogen and oxygen atoms in total. The lowest BCUT2D eigenvalue weighted by Gasteiger charge is -2.01. The highest BCUT2D eigenvalue weighted by atomic mass is 16.5. The maximum Gasteiger partial charge on any atom is 0.0873 e. The van der Waals surface area contributed by atoms with Crippen LogP contribution in [0.15, 0.2) is 12.8 Å². The van der Waals surface area contributed by atoms with E-state index in [0.29, 0.717) is 0 Å². The second-order valence-electron chi connectivity index (χ2n) is 3.87. The van der Waals surface area contributed by atoms with Crippen molar-refractivity contribution in [1.29, 1.82) is 0 Å². The van der Waals surface area contributed by atoms with E-state index in [-0.39, 0.29) is 0 Å². The van der Waals surface area contributed by atoms with Crippen molar-refractivity contribution in [2.24, 2.45) is 0 Å². The summed E-state index contributed by atoms with van der Waals surface area (Å²) in [5, 5.41) is 0. The summed E-state index contributed by atoms with van der Waals surface area (Å²) in [6.07, 6.45) is 13.8. The van der Waals surface area contributed by atoms with E-state index in [1.807, 2.05) is 0 Å². The first kappa shape index (κ1) is 13.5. The van der Waals surface area contributed by atoms with Gasteiger partial charge >= 0.3 is 0 Å². The molecule has 0 unspecified atom stereocenters. The van der Waals surface area contributed by atoms with Gasteiger partial charge in [0.05, 0.1) is 12.9 Å². The second kappa shape index (κ2) is 12.5. The van der Waals surface area contributed by atoms with Gasteiger partial charge < -0.3 is 4.74 Å². The molecule has 0 saturated carbocycles. The van der Waals surface area contributed by atoms with Gasteiger partial charge in [-0.3, -0.25) is 0 Å². The van der Waals surface area contributed by atoms with Crippen molar-refractivity contribution in [2.45, 2.75) is 64.7 Å². The van der Waals surface area contributed by atoms with Crippen LogP contribution in [-0.4, -0.2) is 6.61 Å². The zero-order valence-electron chi connectivity index (χ0n) is 9.76. The average molecular weight is 198 g/mol. The van der Waals surface area contributed by atoms with Crippen LogP contribution in [0.2, 0.25) is 0 Å². The molecule has 0 bridgehead atoms. The minimum Gasteiger partial charge on any atom is -0.502 e. The number of ether oxygens (including phenoxy) is 1. The first-order chi connectivity index (χ1) is 6.91. The summed E-state index contributed by atoms with van der Waals surface area (Å²) in [6, 6.07) is 0. The molecule has 0 aromatic heterocycles. The molecule has 0 radical (unpaired) electrons. The third-order valence-corrected chi connectivity index (χ3v) is 2.48. The van der Waals surface area contributed by atoms with Crippen molar-refractivity contribution >= 4 is 0 Å². The molecule has 0 amide bonds. The van der Waals surface area contributed by atoms with Gasteiger partial charge in [0, 0.05) is 0 Å². The van der Waals surface area contributed by atoms with E-state index >= 15 is 0 Å². The van der Waals surface area contributed by atoms with Crippen LogP contribution in [-0.2, 0) is 4.74 Å². The van der Waals surface area contributed by atoms with Crippen molar-refractivity contribution in [1.82, 2.24) is 0 Å². The summed E-state index contributed by atoms with van der Waals surface area (Å²) in [7, 11) is 0. The van der Waals surface area contributed by atoms with Crippen LogP contribution in [0.4, 0.5) is 0 Å². The molecule has 0 heterocycles. The normalized spacial score (nSPS) is 10.1. The van der Waals surface area contributed by atoms with Crippen molar-refractivity contribution < 1.29 is 4.74 Å². The van der Waals surface area contributed by atoms with Gasteiger partial charge in [-0.05, 0) is 6.42 Å². The van der Waals surface area contributed by atoms with Crippen LogP contribution in [0.25, 0.3) is 0 Å². The molecule has 0 saturated heterocycles. The molecule has 84 valence electrons. The summed E-state index contributed by atoms with van der Waals surface area (Å²) in [5.74, 6) is 0. The highest BCUT2D eigenvalue weighted by Crippen LogP contribution is 2.09. The third kappa shape index (κ3) is 11.5. The molecular weight excluding hydrogens is 172 g/mol. The van der Waals surface area contributed by atoms with Crippen molar-refractivity contribution in [2.75, 3.05) is 6.61 Å². The summed E-state index contributed by atoms with van der Waals surface area (Å²) in [4.78, 5) is 0. The van der Waals surface area contributed by atoms with E-state index in [0.717, 1.165) is 6.61 Å². The van der Waals surface area contributed by atoms with E-state index < -0.39 is 0 Å². The summed E-state index contributed by atoms with van der Waals surface area (Å²) < 4.78 is 5.06. The van der Waals surface area contributed by atoms with Gasteiger partial charge in [-0.1, -0.05) is 64.9 Å². The Morgan fingerprint density at radius 3 is 1.86 bits per heavy atom. The lowest BCUT2D eigenvalue weighted by molar-refractivity contribution is 0.241. The second-order valence-corrected chi connectivity index (χ2v) is 3.87. The lowest BCUT2D eigenvalue weighted by Crippen LogP contribution is -1.87. The van der Waals surface area contributed by atoms with E-state index in [1.54, 1.807) is 0 Å². The monoisotopic (exact) mass is 198 g/mol. The van der Waals surface area contributed by atoms with Crippen LogP contribution in [0.1, 0.15) is 64.7 Å². The summed E-state index contributed by atoms with van der Waals surface area (Å²) in [6.45, 7) is 6.62. The Morgan fingerprint density at radius 1 is 0.857 bits per heavy atom. The van der Waals surface area contributed by atoms with Crippen LogP contribution in [0, 0.1) is 0 Å². The predicted octanol–water partition coefficient (Wildman–Crippen LogP) is 4.68. The Labute approximate surface area is 89.5 Å². The molecule has 0 spiro atoms. The Hall–Kier alpha value is -0.460. The fourth-order valence-corrected chi connectivity index (χ4v) is 1.58. The molecule has 0 rings (SSSR count). The summed E-state index contributed by atoms with van der Waals surface area (Å²) in [5.41, 5.74) is 0. The first-order valence-electron chi connectivity index (χ1n) is 6.14. The maximum atomic E-state index is 5.06. The van der Waals surface area contributed by atoms with Gasteiger partial charge in [0.15, 0.2) is 0 Å². The molecular formula is C13H26O. The zero-order valence-corrected chi connectivity index (χ0v) is 9.76. The fourth-order valence-electron chi connectivity index (χ4n) is 1.58. The van der Waals surface area contributed by atoms with Crippen molar-refractivity contribution in [3.63, 3.8) is 0 Å². The standard InChI is InChI=1S/C13H26O/c1-3-5-6-7-8-9-10-11-12-13-14-4-2/h4H,2-3,5-13H2,1H3. The van der Waals surface area contributed by atoms with Gasteiger partial charge in [0.1, 0.15) is 0 Å². The maximum absolute atomic E-state index is 5.06. The van der Waals surface area contributed by atoms with Gasteiger partial charge in [0.2, 0.25) is 0 Å². The number of rotatable bonds is 11. The van der Waals surface area contributed by atoms with E-state index in [9.17, 15) is 0 Å². The quantitative estimate of drug-likeness (QED) is 0.346. The largest absolute Gasteiger partial charge is 0.502 e. The van der Waals surface area contributed by atoms with E-state index in [4.69, 9.17) is 4.74 Å². The van der Waals surface area contributed by atoms with Gasteiger partial charge in [-0.2, -0.15) is 0 Å². The molecule has 0 aliphatic heterocycles. The molecule has 0 atom stereocenters. The van der Waals surface area contributed by atoms with E-state index in [2.05, 4.69) is 13.5 Å². The molecule has 0 fully saturated rings. The topological polar surface area (TPSA) is 9.23 Å². The zero-order chi connectivity index (χ0) is 10.5. The minimum absolute atomic E-state index is 0.847. The minimum atomic E-state index is 0.847. The molecule has 14 heavy (non-hydrogen) atoms. The smallest absolute Gasteiger partial charge is 0.0873 e. The molecule has 1 heteroatoms. The van der Waals surface area contributed by atoms with Crippen molar-refractivity contribution in [3.05, 3.63) is 12.8 Å². The Bertz CT molecular complexity index is 110. The lowest BCUT2D eigenvalue weighted by atomic mass is 10.1. The Balaban J connectivity index is 2.81. The molecule has 0 aliphatic rings. The fraction of sp³-hybridized carbons (Fsp3) is 0.846. The highest BCUT2D eigenvalue weighted by Gasteiger charge is 1.91. The molecule has 0 aromatic rings. The predicted molar refractivity (Wildman–Crippen MR) is 63.4 cm³/mol. The van der Waals surface area contributed by atoms with Gasteiger partial charge in [-0.15, -0.1) is 0 Å². The van der Waals surface area contributed by atoms with Crippen LogP contribution in [0.3, 0.4) is 0 Å². The Morgan fingerprint density at radius 2 is 1.36 bits per heavy atom. The molecule has 0 N–H and O–H groups in total. The summed E-state index contributed by atoms with van der Waals surface area (Å²) >= 11 is 0. The molecule has 0 aliphatic carbocycles. The highest BCUT2D eigenvalue weighted by molar-refractivity contribution is 4.50. The SMILES string of the molecule is C=COCCCCCCCCCCC. The van der Waals surface area contributed by atoms with Gasteiger partial charge in [-0.25, -0.2) is 0 Å². The van der Waals surface area contributed by atoms with E-state index in [1.165, 1.54) is 64.0 Å². The van der Waals surface area contributed by atoms with Crippen LogP contribution in [0.5, 0.6) is 0 Å². The van der Waals surface area contributed by atoms with Crippen LogP contribution >= 0.6 is 0 Å². The van der Waals surface area contributed by atoms with Crippen molar-refractivity contribution in [3.8, 4) is 0 Å². The molecule has 0 aromatic carbocycles. The third-order valence-electron chi connectivity index (χ3n) is 2.48. The van der Waals surface area contributed by atoms with Gasteiger partial charge in [0.25, 0.3) is 0 Å². The number of hydrogen-bond donors (Lipinski definition) is 0. The first-order valence-corrected chi connectivity index (χ1v) is 6.14. The number of unbranched alkanes of at least 4 members (excludes halogenated alkanes) is 8.